The smallest absolute Gasteiger partial charge is 0.242 e. The summed E-state index contributed by atoms with van der Waals surface area (Å²) in [7, 11) is 0. The van der Waals surface area contributed by atoms with Crippen LogP contribution in [0.3, 0.4) is 0 Å². The lowest BCUT2D eigenvalue weighted by molar-refractivity contribution is -0.143. The molecule has 1 aliphatic rings. The van der Waals surface area contributed by atoms with Crippen LogP contribution >= 0.6 is 11.8 Å². The van der Waals surface area contributed by atoms with Crippen molar-refractivity contribution in [2.75, 3.05) is 24.6 Å². The Labute approximate surface area is 111 Å². The average Bonchev–Trinajstić information content (AvgIpc) is 2.33. The summed E-state index contributed by atoms with van der Waals surface area (Å²) in [6.07, 6.45) is 0.952. The summed E-state index contributed by atoms with van der Waals surface area (Å²) < 4.78 is 0. The summed E-state index contributed by atoms with van der Waals surface area (Å²) in [5.41, 5.74) is 5.01. The van der Waals surface area contributed by atoms with E-state index in [2.05, 4.69) is 5.32 Å². The molecule has 0 aliphatic carbocycles. The first-order chi connectivity index (χ1) is 8.56. The number of nitrogens with two attached hydrogens (primary N) is 1. The van der Waals surface area contributed by atoms with Crippen molar-refractivity contribution >= 4 is 29.5 Å². The zero-order chi connectivity index (χ0) is 13.5. The van der Waals surface area contributed by atoms with Crippen LogP contribution in [0, 0.1) is 0 Å². The first kappa shape index (κ1) is 14.8. The number of piperazine rings is 1. The van der Waals surface area contributed by atoms with Crippen molar-refractivity contribution in [2.24, 2.45) is 5.73 Å². The Morgan fingerprint density at radius 1 is 1.56 bits per heavy atom. The Morgan fingerprint density at radius 3 is 2.89 bits per heavy atom. The summed E-state index contributed by atoms with van der Waals surface area (Å²) in [6.45, 7) is 2.96. The topological polar surface area (TPSA) is 92.5 Å². The molecule has 18 heavy (non-hydrogen) atoms. The molecule has 0 saturated carbocycles. The molecule has 0 aromatic rings. The van der Waals surface area contributed by atoms with Crippen molar-refractivity contribution in [1.29, 1.82) is 0 Å². The van der Waals surface area contributed by atoms with E-state index in [1.165, 1.54) is 11.8 Å². The van der Waals surface area contributed by atoms with E-state index in [0.29, 0.717) is 31.7 Å². The molecule has 1 heterocycles. The molecule has 0 aromatic carbocycles. The van der Waals surface area contributed by atoms with Gasteiger partial charge in [-0.05, 0) is 6.42 Å². The van der Waals surface area contributed by atoms with Gasteiger partial charge in [-0.25, -0.2) is 0 Å². The van der Waals surface area contributed by atoms with Crippen LogP contribution in [-0.2, 0) is 14.4 Å². The minimum absolute atomic E-state index is 0.0336. The molecule has 1 saturated heterocycles. The fourth-order valence-corrected chi connectivity index (χ4v) is 2.56. The molecular weight excluding hydrogens is 254 g/mol. The van der Waals surface area contributed by atoms with E-state index < -0.39 is 0 Å². The Bertz CT molecular complexity index is 335. The third-order valence-corrected chi connectivity index (χ3v) is 3.72. The number of carbonyl (C=O) groups excluding carboxylic acids is 3. The summed E-state index contributed by atoms with van der Waals surface area (Å²) in [6, 6.07) is -0.354. The van der Waals surface area contributed by atoms with Gasteiger partial charge in [-0.3, -0.25) is 14.4 Å². The van der Waals surface area contributed by atoms with Crippen molar-refractivity contribution in [2.45, 2.75) is 25.8 Å². The van der Waals surface area contributed by atoms with Crippen molar-refractivity contribution in [1.82, 2.24) is 10.2 Å². The number of amides is 3. The number of thioether (sulfide) groups is 1. The minimum atomic E-state index is -0.378. The molecular formula is C11H19N3O3S. The number of primary amides is 1. The van der Waals surface area contributed by atoms with E-state index in [1.54, 1.807) is 4.90 Å². The summed E-state index contributed by atoms with van der Waals surface area (Å²) in [5, 5.41) is 2.75. The summed E-state index contributed by atoms with van der Waals surface area (Å²) in [4.78, 5) is 35.7. The maximum absolute atomic E-state index is 12.0. The van der Waals surface area contributed by atoms with Crippen LogP contribution in [0.4, 0.5) is 0 Å². The molecule has 0 bridgehead atoms. The lowest BCUT2D eigenvalue weighted by atomic mass is 10.1. The number of hydrogen-bond donors (Lipinski definition) is 2. The Morgan fingerprint density at radius 2 is 2.28 bits per heavy atom. The van der Waals surface area contributed by atoms with E-state index in [4.69, 9.17) is 5.73 Å². The van der Waals surface area contributed by atoms with Crippen LogP contribution in [0.2, 0.25) is 0 Å². The average molecular weight is 273 g/mol. The first-order valence-corrected chi connectivity index (χ1v) is 7.15. The van der Waals surface area contributed by atoms with Gasteiger partial charge in [0.05, 0.1) is 5.75 Å². The van der Waals surface area contributed by atoms with Crippen LogP contribution in [0.15, 0.2) is 0 Å². The highest BCUT2D eigenvalue weighted by Crippen LogP contribution is 2.12. The maximum Gasteiger partial charge on any atom is 0.242 e. The molecule has 0 aromatic heterocycles. The molecule has 102 valence electrons. The van der Waals surface area contributed by atoms with Crippen LogP contribution in [-0.4, -0.2) is 53.3 Å². The second kappa shape index (κ2) is 7.25. The van der Waals surface area contributed by atoms with E-state index in [-0.39, 0.29) is 29.5 Å². The third-order valence-electron chi connectivity index (χ3n) is 2.74. The first-order valence-electron chi connectivity index (χ1n) is 5.99. The quantitative estimate of drug-likeness (QED) is 0.628. The van der Waals surface area contributed by atoms with E-state index in [0.717, 1.165) is 0 Å². The van der Waals surface area contributed by atoms with Gasteiger partial charge >= 0.3 is 0 Å². The van der Waals surface area contributed by atoms with Gasteiger partial charge in [0.15, 0.2) is 0 Å². The molecule has 1 unspecified atom stereocenters. The zero-order valence-electron chi connectivity index (χ0n) is 10.5. The molecule has 0 radical (unpaired) electrons. The van der Waals surface area contributed by atoms with Crippen molar-refractivity contribution < 1.29 is 14.4 Å². The van der Waals surface area contributed by atoms with Crippen LogP contribution in [0.1, 0.15) is 19.8 Å². The van der Waals surface area contributed by atoms with Gasteiger partial charge in [0.1, 0.15) is 6.04 Å². The summed E-state index contributed by atoms with van der Waals surface area (Å²) >= 11 is 1.34. The van der Waals surface area contributed by atoms with Gasteiger partial charge in [-0.1, -0.05) is 6.92 Å². The van der Waals surface area contributed by atoms with Gasteiger partial charge in [-0.2, -0.15) is 11.8 Å². The number of nitrogens with zero attached hydrogens (tertiary/aromatic N) is 1. The highest BCUT2D eigenvalue weighted by atomic mass is 32.2. The molecule has 1 rings (SSSR count). The molecule has 3 amide bonds. The highest BCUT2D eigenvalue weighted by molar-refractivity contribution is 7.99. The Balaban J connectivity index is 2.39. The molecule has 1 atom stereocenters. The molecule has 6 nitrogen and oxygen atoms in total. The molecule has 1 fully saturated rings. The van der Waals surface area contributed by atoms with Gasteiger partial charge in [-0.15, -0.1) is 0 Å². The predicted octanol–water partition coefficient (Wildman–Crippen LogP) is -0.668. The van der Waals surface area contributed by atoms with Crippen LogP contribution < -0.4 is 11.1 Å². The van der Waals surface area contributed by atoms with E-state index in [9.17, 15) is 14.4 Å². The molecule has 3 N–H and O–H groups in total. The lowest BCUT2D eigenvalue weighted by Gasteiger charge is -2.34. The summed E-state index contributed by atoms with van der Waals surface area (Å²) in [5.74, 6) is 0.285. The fourth-order valence-electron chi connectivity index (χ4n) is 1.89. The third kappa shape index (κ3) is 4.21. The fraction of sp³-hybridized carbons (Fsp3) is 0.727. The number of hydrogen-bond acceptors (Lipinski definition) is 4. The van der Waals surface area contributed by atoms with Gasteiger partial charge in [0.25, 0.3) is 0 Å². The second-order valence-corrected chi connectivity index (χ2v) is 5.18. The molecule has 7 heteroatoms. The van der Waals surface area contributed by atoms with Crippen molar-refractivity contribution in [3.05, 3.63) is 0 Å². The molecule has 1 aliphatic heterocycles. The van der Waals surface area contributed by atoms with Crippen LogP contribution in [0.5, 0.6) is 0 Å². The largest absolute Gasteiger partial charge is 0.369 e. The number of nitrogens with one attached hydrogen (secondary N) is 1. The Hall–Kier alpha value is -1.24. The van der Waals surface area contributed by atoms with Gasteiger partial charge in [0.2, 0.25) is 17.7 Å². The monoisotopic (exact) mass is 273 g/mol. The number of carbonyl (C=O) groups is 3. The van der Waals surface area contributed by atoms with Gasteiger partial charge < -0.3 is 16.0 Å². The minimum Gasteiger partial charge on any atom is -0.369 e. The maximum atomic E-state index is 12.0. The van der Waals surface area contributed by atoms with Crippen LogP contribution in [0.25, 0.3) is 0 Å². The van der Waals surface area contributed by atoms with E-state index in [1.807, 2.05) is 6.92 Å². The van der Waals surface area contributed by atoms with E-state index >= 15 is 0 Å². The normalized spacial score (nSPS) is 19.5. The highest BCUT2D eigenvalue weighted by Gasteiger charge is 2.30. The second-order valence-electron chi connectivity index (χ2n) is 4.07. The predicted molar refractivity (Wildman–Crippen MR) is 69.9 cm³/mol. The Kier molecular flexibility index (Phi) is 5.97. The lowest BCUT2D eigenvalue weighted by Crippen LogP contribution is -2.56. The molecule has 0 spiro atoms. The standard InChI is InChI=1S/C11H19N3O3S/c1-2-8-11(17)13-4-5-14(8)10(16)3-6-18-7-9(12)15/h8H,2-7H2,1H3,(H2,12,15)(H,13,17). The van der Waals surface area contributed by atoms with Crippen molar-refractivity contribution in [3.63, 3.8) is 0 Å². The number of rotatable bonds is 6. The van der Waals surface area contributed by atoms with Gasteiger partial charge in [0, 0.05) is 25.3 Å². The SMILES string of the molecule is CCC1C(=O)NCCN1C(=O)CCSCC(N)=O. The zero-order valence-corrected chi connectivity index (χ0v) is 11.3. The van der Waals surface area contributed by atoms with Crippen molar-refractivity contribution in [3.8, 4) is 0 Å².